The second-order valence-corrected chi connectivity index (χ2v) is 9.79. The lowest BCUT2D eigenvalue weighted by atomic mass is 10.1. The van der Waals surface area contributed by atoms with Crippen LogP contribution >= 0.6 is 11.3 Å². The van der Waals surface area contributed by atoms with E-state index in [0.717, 1.165) is 17.6 Å². The van der Waals surface area contributed by atoms with Gasteiger partial charge in [0, 0.05) is 22.9 Å². The normalized spacial score (nSPS) is 11.5. The first-order valence-corrected chi connectivity index (χ1v) is 11.8. The zero-order chi connectivity index (χ0) is 22.2. The van der Waals surface area contributed by atoms with Crippen LogP contribution in [0.5, 0.6) is 0 Å². The number of nitrogens with zero attached hydrogens (tertiary/aromatic N) is 1. The lowest BCUT2D eigenvalue weighted by Crippen LogP contribution is -2.00. The molecule has 0 fully saturated rings. The quantitative estimate of drug-likeness (QED) is 0.379. The van der Waals surface area contributed by atoms with E-state index in [0.29, 0.717) is 21.7 Å². The van der Waals surface area contributed by atoms with Crippen molar-refractivity contribution in [2.45, 2.75) is 4.90 Å². The van der Waals surface area contributed by atoms with Crippen LogP contribution in [0.3, 0.4) is 0 Å². The third-order valence-corrected chi connectivity index (χ3v) is 6.82. The number of hydrogen-bond donors (Lipinski definition) is 0. The molecule has 0 amide bonds. The molecule has 8 heteroatoms. The van der Waals surface area contributed by atoms with E-state index in [9.17, 15) is 22.0 Å². The molecule has 31 heavy (non-hydrogen) atoms. The number of rotatable bonds is 5. The van der Waals surface area contributed by atoms with Crippen LogP contribution in [-0.4, -0.2) is 25.4 Å². The number of carbonyl (C=O) groups is 1. The van der Waals surface area contributed by atoms with E-state index in [1.54, 1.807) is 18.2 Å². The zero-order valence-electron chi connectivity index (χ0n) is 16.2. The van der Waals surface area contributed by atoms with Crippen molar-refractivity contribution in [1.29, 1.82) is 0 Å². The molecule has 1 heterocycles. The second-order valence-electron chi connectivity index (χ2n) is 6.81. The van der Waals surface area contributed by atoms with Gasteiger partial charge in [0.25, 0.3) is 0 Å². The van der Waals surface area contributed by atoms with E-state index in [4.69, 9.17) is 0 Å². The highest BCUT2D eigenvalue weighted by Gasteiger charge is 2.24. The van der Waals surface area contributed by atoms with Crippen LogP contribution in [0.1, 0.15) is 15.4 Å². The second kappa shape index (κ2) is 8.13. The monoisotopic (exact) mass is 455 g/mol. The minimum absolute atomic E-state index is 0.0998. The Kier molecular flexibility index (Phi) is 5.51. The van der Waals surface area contributed by atoms with Gasteiger partial charge in [-0.3, -0.25) is 4.79 Å². The van der Waals surface area contributed by atoms with E-state index in [1.165, 1.54) is 54.6 Å². The number of aromatic nitrogens is 1. The van der Waals surface area contributed by atoms with E-state index < -0.39 is 27.3 Å². The maximum Gasteiger partial charge on any atom is 0.221 e. The Bertz CT molecular complexity index is 1380. The Morgan fingerprint density at radius 1 is 0.871 bits per heavy atom. The molecule has 4 aromatic rings. The van der Waals surface area contributed by atoms with Gasteiger partial charge in [-0.2, -0.15) is 0 Å². The molecule has 0 bridgehead atoms. The number of sulfone groups is 1. The van der Waals surface area contributed by atoms with Gasteiger partial charge in [0.1, 0.15) is 11.6 Å². The highest BCUT2D eigenvalue weighted by atomic mass is 32.2. The molecule has 0 radical (unpaired) electrons. The number of ketones is 1. The average molecular weight is 456 g/mol. The predicted molar refractivity (Wildman–Crippen MR) is 116 cm³/mol. The Morgan fingerprint density at radius 3 is 2.06 bits per heavy atom. The third-order valence-electron chi connectivity index (χ3n) is 4.58. The Hall–Kier alpha value is -3.23. The zero-order valence-corrected chi connectivity index (χ0v) is 17.8. The van der Waals surface area contributed by atoms with Crippen LogP contribution in [-0.2, 0) is 9.84 Å². The summed E-state index contributed by atoms with van der Waals surface area (Å²) in [6, 6.07) is 17.1. The molecule has 0 aliphatic carbocycles. The minimum Gasteiger partial charge on any atom is -0.286 e. The van der Waals surface area contributed by atoms with Crippen molar-refractivity contribution in [3.05, 3.63) is 95.0 Å². The molecule has 4 nitrogen and oxygen atoms in total. The Balaban J connectivity index is 1.93. The summed E-state index contributed by atoms with van der Waals surface area (Å²) in [5.41, 5.74) is 1.56. The summed E-state index contributed by atoms with van der Waals surface area (Å²) >= 11 is 1.04. The van der Waals surface area contributed by atoms with Crippen molar-refractivity contribution in [2.24, 2.45) is 0 Å². The number of hydrogen-bond acceptors (Lipinski definition) is 5. The molecule has 0 spiro atoms. The number of carbonyl (C=O) groups excluding carboxylic acids is 1. The molecule has 4 rings (SSSR count). The summed E-state index contributed by atoms with van der Waals surface area (Å²) in [6.07, 6.45) is 1.11. The number of halogens is 2. The van der Waals surface area contributed by atoms with Crippen molar-refractivity contribution in [3.63, 3.8) is 0 Å². The van der Waals surface area contributed by atoms with Crippen LogP contribution < -0.4 is 0 Å². The fraction of sp³-hybridized carbons (Fsp3) is 0.0435. The maximum atomic E-state index is 13.5. The first-order chi connectivity index (χ1) is 14.7. The minimum atomic E-state index is -3.56. The summed E-state index contributed by atoms with van der Waals surface area (Å²) in [5.74, 6) is -1.32. The summed E-state index contributed by atoms with van der Waals surface area (Å²) in [4.78, 5) is 18.0. The molecule has 0 atom stereocenters. The SMILES string of the molecule is CS(=O)(=O)c1ccccc1-c1sc(C(=O)c2ccc(F)cc2)nc1-c1ccc(F)cc1. The van der Waals surface area contributed by atoms with Gasteiger partial charge >= 0.3 is 0 Å². The van der Waals surface area contributed by atoms with Crippen molar-refractivity contribution >= 4 is 27.0 Å². The van der Waals surface area contributed by atoms with Gasteiger partial charge in [-0.25, -0.2) is 22.2 Å². The third kappa shape index (κ3) is 4.30. The molecule has 0 saturated carbocycles. The first kappa shape index (κ1) is 21.0. The van der Waals surface area contributed by atoms with E-state index in [-0.39, 0.29) is 15.5 Å². The van der Waals surface area contributed by atoms with E-state index >= 15 is 0 Å². The first-order valence-electron chi connectivity index (χ1n) is 9.10. The van der Waals surface area contributed by atoms with Crippen molar-refractivity contribution in [2.75, 3.05) is 6.26 Å². The number of thiazole rings is 1. The van der Waals surface area contributed by atoms with Gasteiger partial charge in [-0.1, -0.05) is 18.2 Å². The highest BCUT2D eigenvalue weighted by Crippen LogP contribution is 2.40. The predicted octanol–water partition coefficient (Wildman–Crippen LogP) is 5.39. The van der Waals surface area contributed by atoms with E-state index in [1.807, 2.05) is 0 Å². The summed E-state index contributed by atoms with van der Waals surface area (Å²) in [5, 5.41) is 0.115. The lowest BCUT2D eigenvalue weighted by Gasteiger charge is -2.08. The fourth-order valence-electron chi connectivity index (χ4n) is 3.11. The molecule has 0 N–H and O–H groups in total. The molecule has 0 aliphatic rings. The topological polar surface area (TPSA) is 64.1 Å². The Labute approximate surface area is 181 Å². The highest BCUT2D eigenvalue weighted by molar-refractivity contribution is 7.90. The van der Waals surface area contributed by atoms with Gasteiger partial charge in [0.05, 0.1) is 15.5 Å². The van der Waals surface area contributed by atoms with Crippen LogP contribution in [0.4, 0.5) is 8.78 Å². The summed E-state index contributed by atoms with van der Waals surface area (Å²) in [7, 11) is -3.56. The van der Waals surface area contributed by atoms with Crippen molar-refractivity contribution in [1.82, 2.24) is 4.98 Å². The van der Waals surface area contributed by atoms with Gasteiger partial charge in [0.15, 0.2) is 14.8 Å². The summed E-state index contributed by atoms with van der Waals surface area (Å²) < 4.78 is 51.4. The van der Waals surface area contributed by atoms with Gasteiger partial charge < -0.3 is 0 Å². The van der Waals surface area contributed by atoms with Crippen molar-refractivity contribution in [3.8, 4) is 21.7 Å². The average Bonchev–Trinajstić information content (AvgIpc) is 3.19. The van der Waals surface area contributed by atoms with Crippen LogP contribution in [0, 0.1) is 11.6 Å². The molecular weight excluding hydrogens is 440 g/mol. The summed E-state index contributed by atoms with van der Waals surface area (Å²) in [6.45, 7) is 0. The molecule has 3 aromatic carbocycles. The number of benzene rings is 3. The maximum absolute atomic E-state index is 13.5. The molecule has 0 unspecified atom stereocenters. The smallest absolute Gasteiger partial charge is 0.221 e. The van der Waals surface area contributed by atoms with Crippen LogP contribution in [0.15, 0.2) is 77.7 Å². The largest absolute Gasteiger partial charge is 0.286 e. The van der Waals surface area contributed by atoms with Crippen LogP contribution in [0.2, 0.25) is 0 Å². The van der Waals surface area contributed by atoms with Crippen LogP contribution in [0.25, 0.3) is 21.7 Å². The van der Waals surface area contributed by atoms with Gasteiger partial charge in [0.2, 0.25) is 5.78 Å². The fourth-order valence-corrected chi connectivity index (χ4v) is 5.15. The Morgan fingerprint density at radius 2 is 1.45 bits per heavy atom. The molecule has 156 valence electrons. The van der Waals surface area contributed by atoms with Gasteiger partial charge in [-0.05, 0) is 54.6 Å². The molecule has 1 aromatic heterocycles. The van der Waals surface area contributed by atoms with E-state index in [2.05, 4.69) is 4.98 Å². The van der Waals surface area contributed by atoms with Crippen molar-refractivity contribution < 1.29 is 22.0 Å². The van der Waals surface area contributed by atoms with Gasteiger partial charge in [-0.15, -0.1) is 11.3 Å². The molecule has 0 saturated heterocycles. The molecule has 0 aliphatic heterocycles. The lowest BCUT2D eigenvalue weighted by molar-refractivity contribution is 0.103. The standard InChI is InChI=1S/C23H15F2NO3S2/c1-31(28,29)19-5-3-2-4-18(19)22-20(14-6-10-16(24)11-7-14)26-23(30-22)21(27)15-8-12-17(25)13-9-15/h2-13H,1H3. The molecular formula is C23H15F2NO3S2.